The van der Waals surface area contributed by atoms with Crippen molar-refractivity contribution in [3.63, 3.8) is 0 Å². The van der Waals surface area contributed by atoms with Gasteiger partial charge < -0.3 is 19.5 Å². The molecule has 2 atom stereocenters. The van der Waals surface area contributed by atoms with Gasteiger partial charge in [-0.2, -0.15) is 0 Å². The Labute approximate surface area is 152 Å². The van der Waals surface area contributed by atoms with Crippen LogP contribution in [0.15, 0.2) is 31.0 Å². The van der Waals surface area contributed by atoms with Gasteiger partial charge in [0.15, 0.2) is 0 Å². The number of amides is 1. The first kappa shape index (κ1) is 17.0. The van der Waals surface area contributed by atoms with E-state index in [4.69, 9.17) is 4.74 Å². The molecule has 0 spiro atoms. The first-order valence-electron chi connectivity index (χ1n) is 9.06. The molecule has 2 aliphatic rings. The first-order chi connectivity index (χ1) is 12.7. The Hall–Kier alpha value is -2.48. The average Bonchev–Trinajstić information content (AvgIpc) is 3.21. The van der Waals surface area contributed by atoms with Crippen molar-refractivity contribution in [3.05, 3.63) is 36.7 Å². The standard InChI is InChI=1S/C18H24N6O2/c1-23-8-15(21-12-23)14-7-24(17(25)11-26-10-13-3-4-13)9-16(14)22-18-19-5-2-6-20-18/h2,5-6,8,12-14,16H,3-4,7,9-11H2,1H3,(H,19,20,22)/t14-,16+/m0/s1. The van der Waals surface area contributed by atoms with Crippen molar-refractivity contribution < 1.29 is 9.53 Å². The molecule has 0 aromatic carbocycles. The number of aromatic nitrogens is 4. The molecule has 1 saturated carbocycles. The summed E-state index contributed by atoms with van der Waals surface area (Å²) in [7, 11) is 1.95. The highest BCUT2D eigenvalue weighted by Crippen LogP contribution is 2.30. The second-order valence-corrected chi connectivity index (χ2v) is 7.15. The Bertz CT molecular complexity index is 745. The number of imidazole rings is 1. The minimum Gasteiger partial charge on any atom is -0.371 e. The Kier molecular flexibility index (Phi) is 4.83. The molecule has 1 amide bonds. The van der Waals surface area contributed by atoms with E-state index < -0.39 is 0 Å². The number of nitrogens with one attached hydrogen (secondary N) is 1. The quantitative estimate of drug-likeness (QED) is 0.798. The highest BCUT2D eigenvalue weighted by Gasteiger charge is 2.38. The van der Waals surface area contributed by atoms with Gasteiger partial charge in [-0.3, -0.25) is 4.79 Å². The van der Waals surface area contributed by atoms with Gasteiger partial charge in [0.05, 0.1) is 24.7 Å². The molecule has 1 N–H and O–H groups in total. The molecular weight excluding hydrogens is 332 g/mol. The number of hydrogen-bond acceptors (Lipinski definition) is 6. The van der Waals surface area contributed by atoms with E-state index in [9.17, 15) is 4.79 Å². The van der Waals surface area contributed by atoms with Crippen molar-refractivity contribution in [3.8, 4) is 0 Å². The predicted molar refractivity (Wildman–Crippen MR) is 95.5 cm³/mol. The van der Waals surface area contributed by atoms with Gasteiger partial charge >= 0.3 is 0 Å². The van der Waals surface area contributed by atoms with E-state index in [1.54, 1.807) is 24.8 Å². The van der Waals surface area contributed by atoms with Gasteiger partial charge in [0.25, 0.3) is 0 Å². The van der Waals surface area contributed by atoms with E-state index in [2.05, 4.69) is 20.3 Å². The molecule has 2 aromatic rings. The van der Waals surface area contributed by atoms with Crippen LogP contribution in [-0.2, 0) is 16.6 Å². The van der Waals surface area contributed by atoms with Crippen LogP contribution in [-0.4, -0.2) is 62.7 Å². The molecule has 0 unspecified atom stereocenters. The lowest BCUT2D eigenvalue weighted by Crippen LogP contribution is -2.34. The topological polar surface area (TPSA) is 85.2 Å². The summed E-state index contributed by atoms with van der Waals surface area (Å²) >= 11 is 0. The molecule has 26 heavy (non-hydrogen) atoms. The molecule has 8 heteroatoms. The minimum atomic E-state index is 0.0136. The second-order valence-electron chi connectivity index (χ2n) is 7.15. The molecule has 1 aliphatic heterocycles. The van der Waals surface area contributed by atoms with Gasteiger partial charge in [-0.15, -0.1) is 0 Å². The summed E-state index contributed by atoms with van der Waals surface area (Å²) in [6.45, 7) is 2.06. The van der Waals surface area contributed by atoms with Crippen LogP contribution in [0.5, 0.6) is 0 Å². The number of rotatable bonds is 7. The lowest BCUT2D eigenvalue weighted by molar-refractivity contribution is -0.135. The minimum absolute atomic E-state index is 0.0136. The van der Waals surface area contributed by atoms with Gasteiger partial charge in [0.1, 0.15) is 6.61 Å². The van der Waals surface area contributed by atoms with E-state index in [1.807, 2.05) is 22.7 Å². The summed E-state index contributed by atoms with van der Waals surface area (Å²) in [4.78, 5) is 27.4. The molecule has 138 valence electrons. The Balaban J connectivity index is 1.43. The summed E-state index contributed by atoms with van der Waals surface area (Å²) in [6, 6.07) is 1.79. The smallest absolute Gasteiger partial charge is 0.248 e. The highest BCUT2D eigenvalue weighted by atomic mass is 16.5. The monoisotopic (exact) mass is 356 g/mol. The van der Waals surface area contributed by atoms with Gasteiger partial charge in [0, 0.05) is 44.6 Å². The number of ether oxygens (including phenoxy) is 1. The summed E-state index contributed by atoms with van der Waals surface area (Å²) in [6.07, 6.45) is 9.65. The number of nitrogens with zero attached hydrogens (tertiary/aromatic N) is 5. The summed E-state index contributed by atoms with van der Waals surface area (Å²) in [5.74, 6) is 1.35. The number of carbonyl (C=O) groups is 1. The molecule has 4 rings (SSSR count). The van der Waals surface area contributed by atoms with Crippen molar-refractivity contribution in [2.75, 3.05) is 31.6 Å². The summed E-state index contributed by atoms with van der Waals surface area (Å²) < 4.78 is 7.50. The van der Waals surface area contributed by atoms with Gasteiger partial charge in [-0.25, -0.2) is 15.0 Å². The molecule has 0 bridgehead atoms. The fourth-order valence-electron chi connectivity index (χ4n) is 3.31. The first-order valence-corrected chi connectivity index (χ1v) is 9.06. The summed E-state index contributed by atoms with van der Waals surface area (Å²) in [5, 5.41) is 3.36. The van der Waals surface area contributed by atoms with Crippen molar-refractivity contribution in [1.29, 1.82) is 0 Å². The maximum atomic E-state index is 12.5. The molecular formula is C18H24N6O2. The van der Waals surface area contributed by atoms with Crippen LogP contribution in [0, 0.1) is 5.92 Å². The van der Waals surface area contributed by atoms with E-state index in [1.165, 1.54) is 12.8 Å². The highest BCUT2D eigenvalue weighted by molar-refractivity contribution is 5.78. The number of hydrogen-bond donors (Lipinski definition) is 1. The summed E-state index contributed by atoms with van der Waals surface area (Å²) in [5.41, 5.74) is 0.968. The molecule has 2 aromatic heterocycles. The number of anilines is 1. The second kappa shape index (κ2) is 7.41. The predicted octanol–water partition coefficient (Wildman–Crippen LogP) is 1.04. The Morgan fingerprint density at radius 2 is 2.08 bits per heavy atom. The van der Waals surface area contributed by atoms with Crippen molar-refractivity contribution >= 4 is 11.9 Å². The molecule has 0 radical (unpaired) electrons. The van der Waals surface area contributed by atoms with E-state index >= 15 is 0 Å². The van der Waals surface area contributed by atoms with E-state index in [0.29, 0.717) is 31.6 Å². The van der Waals surface area contributed by atoms with Crippen LogP contribution in [0.1, 0.15) is 24.5 Å². The SMILES string of the molecule is Cn1cnc([C@@H]2CN(C(=O)COCC3CC3)C[C@H]2Nc2ncccn2)c1. The normalized spacial score (nSPS) is 22.6. The zero-order chi connectivity index (χ0) is 17.9. The van der Waals surface area contributed by atoms with Crippen LogP contribution in [0.4, 0.5) is 5.95 Å². The molecule has 1 saturated heterocycles. The molecule has 3 heterocycles. The largest absolute Gasteiger partial charge is 0.371 e. The number of likely N-dealkylation sites (tertiary alicyclic amines) is 1. The zero-order valence-corrected chi connectivity index (χ0v) is 14.9. The van der Waals surface area contributed by atoms with Crippen molar-refractivity contribution in [2.45, 2.75) is 24.8 Å². The zero-order valence-electron chi connectivity index (χ0n) is 14.9. The third-order valence-corrected chi connectivity index (χ3v) is 4.93. The van der Waals surface area contributed by atoms with Crippen molar-refractivity contribution in [2.24, 2.45) is 13.0 Å². The van der Waals surface area contributed by atoms with E-state index in [0.717, 1.165) is 5.69 Å². The third-order valence-electron chi connectivity index (χ3n) is 4.93. The number of carbonyl (C=O) groups excluding carboxylic acids is 1. The maximum Gasteiger partial charge on any atom is 0.248 e. The maximum absolute atomic E-state index is 12.5. The number of aryl methyl sites for hydroxylation is 1. The van der Waals surface area contributed by atoms with Gasteiger partial charge in [-0.05, 0) is 24.8 Å². The Morgan fingerprint density at radius 3 is 2.77 bits per heavy atom. The van der Waals surface area contributed by atoms with Crippen LogP contribution in [0.3, 0.4) is 0 Å². The van der Waals surface area contributed by atoms with Crippen LogP contribution < -0.4 is 5.32 Å². The third kappa shape index (κ3) is 4.01. The lowest BCUT2D eigenvalue weighted by atomic mass is 10.0. The lowest BCUT2D eigenvalue weighted by Gasteiger charge is -2.18. The van der Waals surface area contributed by atoms with Gasteiger partial charge in [-0.1, -0.05) is 0 Å². The van der Waals surface area contributed by atoms with Crippen molar-refractivity contribution in [1.82, 2.24) is 24.4 Å². The van der Waals surface area contributed by atoms with E-state index in [-0.39, 0.29) is 24.5 Å². The van der Waals surface area contributed by atoms with Crippen LogP contribution in [0.25, 0.3) is 0 Å². The van der Waals surface area contributed by atoms with Gasteiger partial charge in [0.2, 0.25) is 11.9 Å². The fraction of sp³-hybridized carbons (Fsp3) is 0.556. The molecule has 1 aliphatic carbocycles. The molecule has 8 nitrogen and oxygen atoms in total. The fourth-order valence-corrected chi connectivity index (χ4v) is 3.31. The molecule has 2 fully saturated rings. The van der Waals surface area contributed by atoms with Crippen LogP contribution >= 0.6 is 0 Å². The Morgan fingerprint density at radius 1 is 1.27 bits per heavy atom. The van der Waals surface area contributed by atoms with Crippen LogP contribution in [0.2, 0.25) is 0 Å². The average molecular weight is 356 g/mol.